The molecule has 0 atom stereocenters. The number of sulfonamides is 1. The Morgan fingerprint density at radius 1 is 1.08 bits per heavy atom. The molecule has 2 aromatic rings. The molecule has 0 heterocycles. The number of halogens is 3. The SMILES string of the molecule is Cc1ccc(Cl)cc1N(CC(=O)Nc1ccc(Cl)c(Cl)c1)S(C)(=O)=O. The fourth-order valence-corrected chi connectivity index (χ4v) is 3.51. The molecule has 0 spiro atoms. The van der Waals surface area contributed by atoms with Crippen molar-refractivity contribution in [3.63, 3.8) is 0 Å². The zero-order chi connectivity index (χ0) is 18.8. The van der Waals surface area contributed by atoms with Gasteiger partial charge in [-0.25, -0.2) is 8.42 Å². The van der Waals surface area contributed by atoms with Crippen LogP contribution in [0.5, 0.6) is 0 Å². The monoisotopic (exact) mass is 420 g/mol. The van der Waals surface area contributed by atoms with Crippen LogP contribution in [0.2, 0.25) is 15.1 Å². The second kappa shape index (κ2) is 7.83. The molecule has 5 nitrogen and oxygen atoms in total. The first-order valence-electron chi connectivity index (χ1n) is 7.06. The molecule has 25 heavy (non-hydrogen) atoms. The van der Waals surface area contributed by atoms with Crippen molar-refractivity contribution in [1.82, 2.24) is 0 Å². The van der Waals surface area contributed by atoms with E-state index in [1.54, 1.807) is 25.1 Å². The van der Waals surface area contributed by atoms with Crippen LogP contribution in [0, 0.1) is 6.92 Å². The number of carbonyl (C=O) groups is 1. The molecule has 0 unspecified atom stereocenters. The number of amides is 1. The summed E-state index contributed by atoms with van der Waals surface area (Å²) in [6.45, 7) is 1.33. The second-order valence-corrected chi connectivity index (χ2v) is 8.54. The molecule has 2 aromatic carbocycles. The molecule has 0 saturated heterocycles. The first-order chi connectivity index (χ1) is 11.6. The minimum atomic E-state index is -3.69. The maximum atomic E-state index is 12.3. The van der Waals surface area contributed by atoms with Crippen molar-refractivity contribution >= 4 is 62.1 Å². The summed E-state index contributed by atoms with van der Waals surface area (Å²) in [5.41, 5.74) is 1.44. The van der Waals surface area contributed by atoms with Gasteiger partial charge in [0.2, 0.25) is 15.9 Å². The summed E-state index contributed by atoms with van der Waals surface area (Å²) in [5, 5.41) is 3.61. The normalized spacial score (nSPS) is 11.2. The van der Waals surface area contributed by atoms with Gasteiger partial charge in [0.1, 0.15) is 6.54 Å². The number of hydrogen-bond donors (Lipinski definition) is 1. The molecule has 0 bridgehead atoms. The van der Waals surface area contributed by atoms with E-state index in [1.165, 1.54) is 18.2 Å². The highest BCUT2D eigenvalue weighted by Crippen LogP contribution is 2.27. The summed E-state index contributed by atoms with van der Waals surface area (Å²) < 4.78 is 25.3. The largest absolute Gasteiger partial charge is 0.324 e. The van der Waals surface area contributed by atoms with E-state index < -0.39 is 22.5 Å². The molecule has 0 aliphatic heterocycles. The molecule has 0 aliphatic carbocycles. The van der Waals surface area contributed by atoms with Gasteiger partial charge in [-0.15, -0.1) is 0 Å². The number of carbonyl (C=O) groups excluding carboxylic acids is 1. The van der Waals surface area contributed by atoms with E-state index >= 15 is 0 Å². The van der Waals surface area contributed by atoms with Crippen LogP contribution in [0.15, 0.2) is 36.4 Å². The molecule has 0 aromatic heterocycles. The highest BCUT2D eigenvalue weighted by atomic mass is 35.5. The number of hydrogen-bond acceptors (Lipinski definition) is 3. The van der Waals surface area contributed by atoms with Gasteiger partial charge >= 0.3 is 0 Å². The van der Waals surface area contributed by atoms with Gasteiger partial charge in [-0.05, 0) is 42.8 Å². The third kappa shape index (κ3) is 5.25. The van der Waals surface area contributed by atoms with Crippen LogP contribution in [-0.2, 0) is 14.8 Å². The van der Waals surface area contributed by atoms with Crippen LogP contribution in [0.4, 0.5) is 11.4 Å². The van der Waals surface area contributed by atoms with Gasteiger partial charge in [-0.3, -0.25) is 9.10 Å². The Kier molecular flexibility index (Phi) is 6.21. The van der Waals surface area contributed by atoms with E-state index in [4.69, 9.17) is 34.8 Å². The fourth-order valence-electron chi connectivity index (χ4n) is 2.14. The van der Waals surface area contributed by atoms with Crippen molar-refractivity contribution in [1.29, 1.82) is 0 Å². The van der Waals surface area contributed by atoms with E-state index in [-0.39, 0.29) is 5.02 Å². The van der Waals surface area contributed by atoms with Gasteiger partial charge in [0.25, 0.3) is 0 Å². The summed E-state index contributed by atoms with van der Waals surface area (Å²) in [6, 6.07) is 9.43. The molecule has 1 amide bonds. The average molecular weight is 422 g/mol. The van der Waals surface area contributed by atoms with Gasteiger partial charge in [0.15, 0.2) is 0 Å². The van der Waals surface area contributed by atoms with Crippen molar-refractivity contribution in [2.24, 2.45) is 0 Å². The van der Waals surface area contributed by atoms with Crippen LogP contribution in [0.25, 0.3) is 0 Å². The minimum Gasteiger partial charge on any atom is -0.324 e. The van der Waals surface area contributed by atoms with Crippen molar-refractivity contribution < 1.29 is 13.2 Å². The predicted octanol–water partition coefficient (Wildman–Crippen LogP) is 4.36. The standard InChI is InChI=1S/C16H15Cl3N2O3S/c1-10-3-4-11(17)7-15(10)21(25(2,23)24)9-16(22)20-12-5-6-13(18)14(19)8-12/h3-8H,9H2,1-2H3,(H,20,22). The van der Waals surface area contributed by atoms with Crippen LogP contribution in [0.1, 0.15) is 5.56 Å². The number of aryl methyl sites for hydroxylation is 1. The van der Waals surface area contributed by atoms with Crippen molar-refractivity contribution in [2.45, 2.75) is 6.92 Å². The Hall–Kier alpha value is -1.47. The van der Waals surface area contributed by atoms with Crippen molar-refractivity contribution in [3.8, 4) is 0 Å². The number of nitrogens with one attached hydrogen (secondary N) is 1. The van der Waals surface area contributed by atoms with Crippen LogP contribution in [0.3, 0.4) is 0 Å². The topological polar surface area (TPSA) is 66.5 Å². The Labute approximate surface area is 161 Å². The third-order valence-corrected chi connectivity index (χ3v) is 5.43. The van der Waals surface area contributed by atoms with E-state index in [2.05, 4.69) is 5.32 Å². The third-order valence-electron chi connectivity index (χ3n) is 3.33. The Morgan fingerprint density at radius 2 is 1.76 bits per heavy atom. The molecule has 1 N–H and O–H groups in total. The number of nitrogens with zero attached hydrogens (tertiary/aromatic N) is 1. The zero-order valence-corrected chi connectivity index (χ0v) is 16.5. The van der Waals surface area contributed by atoms with Gasteiger partial charge < -0.3 is 5.32 Å². The minimum absolute atomic E-state index is 0.283. The number of rotatable bonds is 5. The summed E-state index contributed by atoms with van der Waals surface area (Å²) in [5.74, 6) is -0.525. The molecule has 134 valence electrons. The lowest BCUT2D eigenvalue weighted by molar-refractivity contribution is -0.114. The van der Waals surface area contributed by atoms with Crippen LogP contribution < -0.4 is 9.62 Å². The second-order valence-electron chi connectivity index (χ2n) is 5.38. The van der Waals surface area contributed by atoms with E-state index in [1.807, 2.05) is 0 Å². The average Bonchev–Trinajstić information content (AvgIpc) is 2.50. The van der Waals surface area contributed by atoms with Crippen LogP contribution in [-0.4, -0.2) is 27.1 Å². The highest BCUT2D eigenvalue weighted by molar-refractivity contribution is 7.92. The van der Waals surface area contributed by atoms with E-state index in [0.717, 1.165) is 10.6 Å². The van der Waals surface area contributed by atoms with Crippen molar-refractivity contribution in [2.75, 3.05) is 22.4 Å². The molecular formula is C16H15Cl3N2O3S. The molecule has 0 fully saturated rings. The zero-order valence-electron chi connectivity index (χ0n) is 13.4. The highest BCUT2D eigenvalue weighted by Gasteiger charge is 2.22. The molecule has 0 saturated carbocycles. The molecule has 2 rings (SSSR count). The van der Waals surface area contributed by atoms with Gasteiger partial charge in [-0.1, -0.05) is 40.9 Å². The Bertz CT molecular complexity index is 917. The number of anilines is 2. The Balaban J connectivity index is 2.27. The predicted molar refractivity (Wildman–Crippen MR) is 103 cm³/mol. The van der Waals surface area contributed by atoms with Crippen molar-refractivity contribution in [3.05, 3.63) is 57.0 Å². The lowest BCUT2D eigenvalue weighted by atomic mass is 10.2. The lowest BCUT2D eigenvalue weighted by Crippen LogP contribution is -2.37. The first kappa shape index (κ1) is 19.8. The number of benzene rings is 2. The molecule has 0 aliphatic rings. The fraction of sp³-hybridized carbons (Fsp3) is 0.188. The van der Waals surface area contributed by atoms with Crippen LogP contribution >= 0.6 is 34.8 Å². The summed E-state index contributed by atoms with van der Waals surface area (Å²) in [6.07, 6.45) is 1.03. The molecule has 0 radical (unpaired) electrons. The van der Waals surface area contributed by atoms with Gasteiger partial charge in [0.05, 0.1) is 22.0 Å². The summed E-state index contributed by atoms with van der Waals surface area (Å²) in [7, 11) is -3.69. The molecule has 9 heteroatoms. The maximum absolute atomic E-state index is 12.3. The quantitative estimate of drug-likeness (QED) is 0.780. The van der Waals surface area contributed by atoms with E-state index in [0.29, 0.717) is 27.0 Å². The Morgan fingerprint density at radius 3 is 2.36 bits per heavy atom. The van der Waals surface area contributed by atoms with E-state index in [9.17, 15) is 13.2 Å². The first-order valence-corrected chi connectivity index (χ1v) is 10.0. The smallest absolute Gasteiger partial charge is 0.245 e. The maximum Gasteiger partial charge on any atom is 0.245 e. The lowest BCUT2D eigenvalue weighted by Gasteiger charge is -2.24. The van der Waals surface area contributed by atoms with Gasteiger partial charge in [-0.2, -0.15) is 0 Å². The summed E-state index contributed by atoms with van der Waals surface area (Å²) >= 11 is 17.7. The van der Waals surface area contributed by atoms with Gasteiger partial charge in [0, 0.05) is 10.7 Å². The molecular weight excluding hydrogens is 407 g/mol. The summed E-state index contributed by atoms with van der Waals surface area (Å²) in [4.78, 5) is 12.3.